The Kier molecular flexibility index (Phi) is 3.17. The molecule has 14 heavy (non-hydrogen) atoms. The van der Waals surface area contributed by atoms with E-state index in [9.17, 15) is 9.59 Å². The van der Waals surface area contributed by atoms with Crippen molar-refractivity contribution in [1.82, 2.24) is 4.98 Å². The summed E-state index contributed by atoms with van der Waals surface area (Å²) >= 11 is 0. The van der Waals surface area contributed by atoms with Gasteiger partial charge in [-0.05, 0) is 19.1 Å². The molecule has 0 unspecified atom stereocenters. The molecule has 0 aromatic carbocycles. The number of carbonyl (C=O) groups excluding carboxylic acids is 1. The summed E-state index contributed by atoms with van der Waals surface area (Å²) in [6.07, 6.45) is 1.26. The number of carboxylic acids is 1. The van der Waals surface area contributed by atoms with Gasteiger partial charge in [-0.1, -0.05) is 0 Å². The fourth-order valence-electron chi connectivity index (χ4n) is 0.880. The third-order valence-corrected chi connectivity index (χ3v) is 1.49. The predicted molar refractivity (Wildman–Crippen MR) is 47.2 cm³/mol. The third-order valence-electron chi connectivity index (χ3n) is 1.49. The summed E-state index contributed by atoms with van der Waals surface area (Å²) in [5.41, 5.74) is 0.0230. The van der Waals surface area contributed by atoms with E-state index in [2.05, 4.69) is 9.72 Å². The van der Waals surface area contributed by atoms with Gasteiger partial charge in [0, 0.05) is 6.20 Å². The molecule has 1 aromatic rings. The Balaban J connectivity index is 2.93. The molecule has 0 bridgehead atoms. The van der Waals surface area contributed by atoms with Crippen molar-refractivity contribution in [3.63, 3.8) is 0 Å². The second kappa shape index (κ2) is 4.36. The van der Waals surface area contributed by atoms with Gasteiger partial charge in [-0.25, -0.2) is 14.6 Å². The highest BCUT2D eigenvalue weighted by molar-refractivity contribution is 5.92. The van der Waals surface area contributed by atoms with Crippen LogP contribution in [0.1, 0.15) is 27.8 Å². The van der Waals surface area contributed by atoms with Crippen LogP contribution in [0, 0.1) is 0 Å². The molecule has 1 rings (SSSR count). The molecule has 1 heterocycles. The average Bonchev–Trinajstić information content (AvgIpc) is 2.18. The molecular formula is C9H9NO4. The largest absolute Gasteiger partial charge is 0.478 e. The van der Waals surface area contributed by atoms with E-state index >= 15 is 0 Å². The standard InChI is InChI=1S/C9H9NO4/c1-2-14-9(13)7-5-6(8(11)12)3-4-10-7/h3-5H,2H2,1H3,(H,11,12). The van der Waals surface area contributed by atoms with Crippen LogP contribution in [0.3, 0.4) is 0 Å². The smallest absolute Gasteiger partial charge is 0.356 e. The lowest BCUT2D eigenvalue weighted by atomic mass is 10.2. The average molecular weight is 195 g/mol. The fraction of sp³-hybridized carbons (Fsp3) is 0.222. The molecule has 0 radical (unpaired) electrons. The highest BCUT2D eigenvalue weighted by Gasteiger charge is 2.11. The van der Waals surface area contributed by atoms with E-state index in [-0.39, 0.29) is 17.9 Å². The Morgan fingerprint density at radius 3 is 2.86 bits per heavy atom. The summed E-state index contributed by atoms with van der Waals surface area (Å²) in [5, 5.41) is 8.64. The number of pyridine rings is 1. The molecule has 0 saturated heterocycles. The van der Waals surface area contributed by atoms with Crippen LogP contribution in [0.2, 0.25) is 0 Å². The van der Waals surface area contributed by atoms with E-state index in [1.165, 1.54) is 18.3 Å². The van der Waals surface area contributed by atoms with Crippen LogP contribution in [0.4, 0.5) is 0 Å². The molecule has 1 N–H and O–H groups in total. The molecular weight excluding hydrogens is 186 g/mol. The van der Waals surface area contributed by atoms with Gasteiger partial charge in [-0.15, -0.1) is 0 Å². The van der Waals surface area contributed by atoms with Crippen LogP contribution >= 0.6 is 0 Å². The minimum atomic E-state index is -1.10. The van der Waals surface area contributed by atoms with Gasteiger partial charge in [-0.2, -0.15) is 0 Å². The molecule has 0 fully saturated rings. The first-order valence-electron chi connectivity index (χ1n) is 4.01. The van der Waals surface area contributed by atoms with E-state index in [0.29, 0.717) is 0 Å². The van der Waals surface area contributed by atoms with Gasteiger partial charge in [0.15, 0.2) is 0 Å². The molecule has 74 valence electrons. The van der Waals surface area contributed by atoms with Gasteiger partial charge in [0.25, 0.3) is 0 Å². The third kappa shape index (κ3) is 2.29. The van der Waals surface area contributed by atoms with Gasteiger partial charge in [0.2, 0.25) is 0 Å². The maximum absolute atomic E-state index is 11.1. The van der Waals surface area contributed by atoms with Crippen LogP contribution < -0.4 is 0 Å². The number of aromatic nitrogens is 1. The monoisotopic (exact) mass is 195 g/mol. The van der Waals surface area contributed by atoms with E-state index in [0.717, 1.165) is 0 Å². The van der Waals surface area contributed by atoms with Crippen molar-refractivity contribution in [3.8, 4) is 0 Å². The van der Waals surface area contributed by atoms with Gasteiger partial charge < -0.3 is 9.84 Å². The van der Waals surface area contributed by atoms with Crippen molar-refractivity contribution in [2.45, 2.75) is 6.92 Å². The van der Waals surface area contributed by atoms with Crippen molar-refractivity contribution < 1.29 is 19.4 Å². The molecule has 0 saturated carbocycles. The fourth-order valence-corrected chi connectivity index (χ4v) is 0.880. The number of hydrogen-bond donors (Lipinski definition) is 1. The lowest BCUT2D eigenvalue weighted by molar-refractivity contribution is 0.0519. The van der Waals surface area contributed by atoms with E-state index in [1.54, 1.807) is 6.92 Å². The molecule has 0 atom stereocenters. The molecule has 5 heteroatoms. The van der Waals surface area contributed by atoms with Crippen LogP contribution in [-0.2, 0) is 4.74 Å². The molecule has 0 amide bonds. The predicted octanol–water partition coefficient (Wildman–Crippen LogP) is 0.956. The summed E-state index contributed by atoms with van der Waals surface area (Å²) in [4.78, 5) is 25.4. The van der Waals surface area contributed by atoms with E-state index < -0.39 is 11.9 Å². The number of esters is 1. The van der Waals surface area contributed by atoms with E-state index in [1.807, 2.05) is 0 Å². The van der Waals surface area contributed by atoms with Crippen LogP contribution in [0.25, 0.3) is 0 Å². The SMILES string of the molecule is CCOC(=O)c1cc(C(=O)O)ccn1. The van der Waals surface area contributed by atoms with Gasteiger partial charge >= 0.3 is 11.9 Å². The first-order chi connectivity index (χ1) is 6.65. The van der Waals surface area contributed by atoms with Gasteiger partial charge in [0.1, 0.15) is 5.69 Å². The zero-order valence-corrected chi connectivity index (χ0v) is 7.56. The zero-order valence-electron chi connectivity index (χ0n) is 7.56. The Morgan fingerprint density at radius 2 is 2.29 bits per heavy atom. The molecule has 0 aliphatic rings. The number of aromatic carboxylic acids is 1. The Labute approximate surface area is 80.3 Å². The number of ether oxygens (including phenoxy) is 1. The van der Waals surface area contributed by atoms with Crippen molar-refractivity contribution >= 4 is 11.9 Å². The molecule has 5 nitrogen and oxygen atoms in total. The highest BCUT2D eigenvalue weighted by Crippen LogP contribution is 2.03. The van der Waals surface area contributed by atoms with Crippen molar-refractivity contribution in [3.05, 3.63) is 29.6 Å². The van der Waals surface area contributed by atoms with Crippen molar-refractivity contribution in [1.29, 1.82) is 0 Å². The Bertz CT molecular complexity index is 362. The minimum Gasteiger partial charge on any atom is -0.478 e. The second-order valence-corrected chi connectivity index (χ2v) is 2.46. The molecule has 0 aliphatic heterocycles. The summed E-state index contributed by atoms with van der Waals surface area (Å²) in [7, 11) is 0. The first kappa shape index (κ1) is 10.2. The number of carbonyl (C=O) groups is 2. The Hall–Kier alpha value is -1.91. The van der Waals surface area contributed by atoms with Crippen molar-refractivity contribution in [2.24, 2.45) is 0 Å². The molecule has 1 aromatic heterocycles. The topological polar surface area (TPSA) is 76.5 Å². The first-order valence-corrected chi connectivity index (χ1v) is 4.01. The number of rotatable bonds is 3. The van der Waals surface area contributed by atoms with Gasteiger partial charge in [-0.3, -0.25) is 0 Å². The number of hydrogen-bond acceptors (Lipinski definition) is 4. The van der Waals surface area contributed by atoms with Crippen LogP contribution in [-0.4, -0.2) is 28.6 Å². The Morgan fingerprint density at radius 1 is 1.57 bits per heavy atom. The lowest BCUT2D eigenvalue weighted by Gasteiger charge is -2.00. The summed E-state index contributed by atoms with van der Waals surface area (Å²) in [5.74, 6) is -1.71. The maximum atomic E-state index is 11.1. The summed E-state index contributed by atoms with van der Waals surface area (Å²) < 4.78 is 4.67. The minimum absolute atomic E-state index is 0.00625. The maximum Gasteiger partial charge on any atom is 0.356 e. The quantitative estimate of drug-likeness (QED) is 0.727. The normalized spacial score (nSPS) is 9.50. The second-order valence-electron chi connectivity index (χ2n) is 2.46. The number of nitrogens with zero attached hydrogens (tertiary/aromatic N) is 1. The summed E-state index contributed by atoms with van der Waals surface area (Å²) in [6.45, 7) is 1.90. The van der Waals surface area contributed by atoms with Crippen LogP contribution in [0.15, 0.2) is 18.3 Å². The van der Waals surface area contributed by atoms with E-state index in [4.69, 9.17) is 5.11 Å². The van der Waals surface area contributed by atoms with Gasteiger partial charge in [0.05, 0.1) is 12.2 Å². The molecule has 0 spiro atoms. The zero-order chi connectivity index (χ0) is 10.6. The van der Waals surface area contributed by atoms with Crippen LogP contribution in [0.5, 0.6) is 0 Å². The highest BCUT2D eigenvalue weighted by atomic mass is 16.5. The van der Waals surface area contributed by atoms with Crippen molar-refractivity contribution in [2.75, 3.05) is 6.61 Å². The lowest BCUT2D eigenvalue weighted by Crippen LogP contribution is -2.08. The summed E-state index contributed by atoms with van der Waals surface area (Å²) in [6, 6.07) is 2.49. The molecule has 0 aliphatic carbocycles. The number of carboxylic acid groups (broad SMARTS) is 1.